The van der Waals surface area contributed by atoms with Crippen LogP contribution < -0.4 is 21.7 Å². The lowest BCUT2D eigenvalue weighted by atomic mass is 10.0. The number of aliphatic carboxylic acids is 1. The molecule has 0 radical (unpaired) electrons. The molecule has 0 bridgehead atoms. The van der Waals surface area contributed by atoms with Crippen molar-refractivity contribution in [3.8, 4) is 0 Å². The van der Waals surface area contributed by atoms with Crippen LogP contribution in [0.15, 0.2) is 0 Å². The number of hydrogen-bond acceptors (Lipinski definition) is 6. The van der Waals surface area contributed by atoms with Crippen molar-refractivity contribution in [2.24, 2.45) is 17.6 Å². The molecule has 5 atom stereocenters. The number of aliphatic hydroxyl groups is 1. The minimum absolute atomic E-state index is 0.312. The Morgan fingerprint density at radius 2 is 1.07 bits per heavy atom. The number of hydrogen-bond donors (Lipinski definition) is 6. The smallest absolute Gasteiger partial charge is 0.326 e. The molecule has 0 aromatic rings. The van der Waals surface area contributed by atoms with Gasteiger partial charge in [-0.05, 0) is 25.7 Å². The Bertz CT molecular complexity index is 548. The summed E-state index contributed by atoms with van der Waals surface area (Å²) in [7, 11) is 0. The van der Waals surface area contributed by atoms with E-state index in [1.807, 2.05) is 0 Å². The first-order chi connectivity index (χ1) is 12.3. The number of carbonyl (C=O) groups excluding carboxylic acids is 3. The van der Waals surface area contributed by atoms with Crippen molar-refractivity contribution < 1.29 is 29.4 Å². The van der Waals surface area contributed by atoms with Crippen LogP contribution >= 0.6 is 0 Å². The fourth-order valence-corrected chi connectivity index (χ4v) is 2.22. The van der Waals surface area contributed by atoms with Crippen LogP contribution in [0, 0.1) is 11.8 Å². The molecular weight excluding hydrogens is 356 g/mol. The normalized spacial score (nSPS) is 16.8. The van der Waals surface area contributed by atoms with E-state index in [1.54, 1.807) is 27.7 Å². The molecule has 0 saturated carbocycles. The Morgan fingerprint density at radius 1 is 0.704 bits per heavy atom. The molecule has 156 valence electrons. The van der Waals surface area contributed by atoms with Gasteiger partial charge in [-0.3, -0.25) is 14.4 Å². The van der Waals surface area contributed by atoms with E-state index in [0.29, 0.717) is 0 Å². The molecule has 0 aliphatic heterocycles. The summed E-state index contributed by atoms with van der Waals surface area (Å²) in [6.07, 6.45) is -1.28. The van der Waals surface area contributed by atoms with Gasteiger partial charge in [-0.2, -0.15) is 0 Å². The van der Waals surface area contributed by atoms with E-state index in [9.17, 15) is 29.4 Å². The van der Waals surface area contributed by atoms with Crippen molar-refractivity contribution in [1.29, 1.82) is 0 Å². The number of aliphatic hydroxyl groups excluding tert-OH is 1. The van der Waals surface area contributed by atoms with Crippen LogP contribution in [0.4, 0.5) is 0 Å². The topological polar surface area (TPSA) is 171 Å². The Balaban J connectivity index is 5.30. The van der Waals surface area contributed by atoms with Crippen molar-refractivity contribution >= 4 is 23.7 Å². The molecule has 7 N–H and O–H groups in total. The van der Waals surface area contributed by atoms with Crippen LogP contribution in [-0.4, -0.2) is 64.2 Å². The highest BCUT2D eigenvalue weighted by molar-refractivity contribution is 5.94. The van der Waals surface area contributed by atoms with Gasteiger partial charge in [0.25, 0.3) is 0 Å². The predicted molar refractivity (Wildman–Crippen MR) is 98.4 cm³/mol. The van der Waals surface area contributed by atoms with Gasteiger partial charge < -0.3 is 31.9 Å². The highest BCUT2D eigenvalue weighted by Gasteiger charge is 2.34. The number of nitrogens with two attached hydrogens (primary N) is 1. The third-order valence-electron chi connectivity index (χ3n) is 3.95. The number of carboxylic acids is 1. The zero-order chi connectivity index (χ0) is 21.5. The molecule has 0 heterocycles. The van der Waals surface area contributed by atoms with Crippen molar-refractivity contribution in [2.75, 3.05) is 0 Å². The van der Waals surface area contributed by atoms with Crippen LogP contribution in [0.25, 0.3) is 0 Å². The summed E-state index contributed by atoms with van der Waals surface area (Å²) in [6, 6.07) is -4.35. The molecule has 0 aromatic carbocycles. The Kier molecular flexibility index (Phi) is 9.95. The van der Waals surface area contributed by atoms with E-state index in [-0.39, 0.29) is 5.92 Å². The summed E-state index contributed by atoms with van der Waals surface area (Å²) < 4.78 is 0. The molecule has 0 aliphatic rings. The summed E-state index contributed by atoms with van der Waals surface area (Å²) in [5, 5.41) is 26.2. The first kappa shape index (κ1) is 24.8. The summed E-state index contributed by atoms with van der Waals surface area (Å²) >= 11 is 0. The van der Waals surface area contributed by atoms with Gasteiger partial charge in [0, 0.05) is 0 Å². The number of amides is 3. The van der Waals surface area contributed by atoms with Gasteiger partial charge in [0.05, 0.1) is 12.1 Å². The molecule has 0 spiro atoms. The molecule has 0 aromatic heterocycles. The SMILES string of the molecule is CC(C)[C@H](NC(=O)[C@@H](NC(=O)[C@@H](NC(=O)[C@H](C)N)C(C)C)[C@@H](C)O)C(=O)O. The average molecular weight is 388 g/mol. The summed E-state index contributed by atoms with van der Waals surface area (Å²) in [5.41, 5.74) is 5.49. The molecule has 0 fully saturated rings. The van der Waals surface area contributed by atoms with Gasteiger partial charge in [-0.15, -0.1) is 0 Å². The summed E-state index contributed by atoms with van der Waals surface area (Å²) in [4.78, 5) is 48.0. The minimum Gasteiger partial charge on any atom is -0.480 e. The quantitative estimate of drug-likeness (QED) is 0.266. The zero-order valence-electron chi connectivity index (χ0n) is 16.6. The standard InChI is InChI=1S/C17H32N4O6/c1-7(2)11(19-14(23)9(5)18)15(24)21-13(10(6)22)16(25)20-12(8(3)4)17(26)27/h7-13,22H,18H2,1-6H3,(H,19,23)(H,20,25)(H,21,24)(H,26,27)/t9-,10+,11-,12-,13-/m0/s1. The van der Waals surface area contributed by atoms with E-state index < -0.39 is 59.9 Å². The summed E-state index contributed by atoms with van der Waals surface area (Å²) in [6.45, 7) is 9.39. The Labute approximate surface area is 159 Å². The lowest BCUT2D eigenvalue weighted by molar-refractivity contribution is -0.144. The maximum Gasteiger partial charge on any atom is 0.326 e. The summed E-state index contributed by atoms with van der Waals surface area (Å²) in [5.74, 6) is -3.98. The molecular formula is C17H32N4O6. The van der Waals surface area contributed by atoms with Crippen LogP contribution in [-0.2, 0) is 19.2 Å². The molecule has 0 unspecified atom stereocenters. The second kappa shape index (κ2) is 10.8. The average Bonchev–Trinajstić information content (AvgIpc) is 2.52. The van der Waals surface area contributed by atoms with Gasteiger partial charge in [0.2, 0.25) is 17.7 Å². The zero-order valence-corrected chi connectivity index (χ0v) is 16.6. The fraction of sp³-hybridized carbons (Fsp3) is 0.765. The molecule has 27 heavy (non-hydrogen) atoms. The second-order valence-electron chi connectivity index (χ2n) is 7.31. The number of nitrogens with one attached hydrogen (secondary N) is 3. The largest absolute Gasteiger partial charge is 0.480 e. The maximum atomic E-state index is 12.5. The van der Waals surface area contributed by atoms with Gasteiger partial charge in [0.1, 0.15) is 18.1 Å². The van der Waals surface area contributed by atoms with Gasteiger partial charge in [-0.1, -0.05) is 27.7 Å². The number of carbonyl (C=O) groups is 4. The number of rotatable bonds is 10. The molecule has 3 amide bonds. The van der Waals surface area contributed by atoms with Crippen molar-refractivity contribution in [2.45, 2.75) is 71.8 Å². The molecule has 10 nitrogen and oxygen atoms in total. The highest BCUT2D eigenvalue weighted by atomic mass is 16.4. The molecule has 0 rings (SSSR count). The lowest BCUT2D eigenvalue weighted by Gasteiger charge is -2.28. The van der Waals surface area contributed by atoms with E-state index in [1.165, 1.54) is 13.8 Å². The second-order valence-corrected chi connectivity index (χ2v) is 7.31. The van der Waals surface area contributed by atoms with Crippen molar-refractivity contribution in [3.05, 3.63) is 0 Å². The Morgan fingerprint density at radius 3 is 1.41 bits per heavy atom. The van der Waals surface area contributed by atoms with Gasteiger partial charge >= 0.3 is 5.97 Å². The highest BCUT2D eigenvalue weighted by Crippen LogP contribution is 2.06. The number of carboxylic acid groups (broad SMARTS) is 1. The predicted octanol–water partition coefficient (Wildman–Crippen LogP) is -1.43. The first-order valence-electron chi connectivity index (χ1n) is 8.87. The van der Waals surface area contributed by atoms with Crippen LogP contribution in [0.1, 0.15) is 41.5 Å². The van der Waals surface area contributed by atoms with Crippen LogP contribution in [0.2, 0.25) is 0 Å². The lowest BCUT2D eigenvalue weighted by Crippen LogP contribution is -2.61. The monoisotopic (exact) mass is 388 g/mol. The van der Waals surface area contributed by atoms with Crippen LogP contribution in [0.3, 0.4) is 0 Å². The fourth-order valence-electron chi connectivity index (χ4n) is 2.22. The van der Waals surface area contributed by atoms with Gasteiger partial charge in [0.15, 0.2) is 0 Å². The molecule has 0 saturated heterocycles. The third kappa shape index (κ3) is 7.92. The Hall–Kier alpha value is -2.20. The van der Waals surface area contributed by atoms with E-state index in [4.69, 9.17) is 5.73 Å². The van der Waals surface area contributed by atoms with Crippen molar-refractivity contribution in [3.63, 3.8) is 0 Å². The van der Waals surface area contributed by atoms with E-state index in [2.05, 4.69) is 16.0 Å². The molecule has 0 aliphatic carbocycles. The van der Waals surface area contributed by atoms with Crippen LogP contribution in [0.5, 0.6) is 0 Å². The third-order valence-corrected chi connectivity index (χ3v) is 3.95. The first-order valence-corrected chi connectivity index (χ1v) is 8.87. The van der Waals surface area contributed by atoms with E-state index >= 15 is 0 Å². The maximum absolute atomic E-state index is 12.5. The van der Waals surface area contributed by atoms with Gasteiger partial charge in [-0.25, -0.2) is 4.79 Å². The minimum atomic E-state index is -1.38. The van der Waals surface area contributed by atoms with Crippen molar-refractivity contribution in [1.82, 2.24) is 16.0 Å². The molecule has 10 heteroatoms. The van der Waals surface area contributed by atoms with E-state index in [0.717, 1.165) is 0 Å².